The van der Waals surface area contributed by atoms with Crippen LogP contribution in [0.3, 0.4) is 0 Å². The zero-order valence-electron chi connectivity index (χ0n) is 15.0. The summed E-state index contributed by atoms with van der Waals surface area (Å²) in [6.07, 6.45) is 4.43. The molecule has 136 valence electrons. The summed E-state index contributed by atoms with van der Waals surface area (Å²) < 4.78 is 0. The zero-order chi connectivity index (χ0) is 16.7. The molecule has 1 aromatic carbocycles. The Hall–Kier alpha value is -1.10. The molecule has 1 amide bonds. The lowest BCUT2D eigenvalue weighted by Gasteiger charge is -2.40. The second-order valence-corrected chi connectivity index (χ2v) is 6.73. The molecule has 1 fully saturated rings. The molecule has 2 unspecified atom stereocenters. The summed E-state index contributed by atoms with van der Waals surface area (Å²) in [6.45, 7) is 7.07. The SMILES string of the molecule is CC1CCCC(C)N1C(=O)CN(CCN)CCc1ccccc1.Cl. The summed E-state index contributed by atoms with van der Waals surface area (Å²) in [5, 5.41) is 0. The number of nitrogens with two attached hydrogens (primary N) is 1. The summed E-state index contributed by atoms with van der Waals surface area (Å²) >= 11 is 0. The first kappa shape index (κ1) is 20.9. The minimum atomic E-state index is 0. The maximum absolute atomic E-state index is 12.8. The van der Waals surface area contributed by atoms with E-state index in [1.165, 1.54) is 12.0 Å². The molecule has 0 bridgehead atoms. The maximum atomic E-state index is 12.8. The Morgan fingerprint density at radius 3 is 2.38 bits per heavy atom. The molecule has 1 aromatic rings. The average molecular weight is 354 g/mol. The highest BCUT2D eigenvalue weighted by atomic mass is 35.5. The lowest BCUT2D eigenvalue weighted by Crippen LogP contribution is -2.51. The molecular formula is C19H32ClN3O. The van der Waals surface area contributed by atoms with Crippen molar-refractivity contribution in [1.29, 1.82) is 0 Å². The van der Waals surface area contributed by atoms with Crippen LogP contribution in [0.5, 0.6) is 0 Å². The Balaban J connectivity index is 0.00000288. The van der Waals surface area contributed by atoms with Crippen molar-refractivity contribution in [2.24, 2.45) is 5.73 Å². The van der Waals surface area contributed by atoms with E-state index in [0.29, 0.717) is 25.2 Å². The predicted octanol–water partition coefficient (Wildman–Crippen LogP) is 2.70. The molecule has 1 aliphatic heterocycles. The third-order valence-corrected chi connectivity index (χ3v) is 4.85. The minimum absolute atomic E-state index is 0. The fourth-order valence-electron chi connectivity index (χ4n) is 3.57. The van der Waals surface area contributed by atoms with Crippen LogP contribution in [0.1, 0.15) is 38.7 Å². The van der Waals surface area contributed by atoms with Gasteiger partial charge in [0.2, 0.25) is 5.91 Å². The molecule has 0 aromatic heterocycles. The molecule has 24 heavy (non-hydrogen) atoms. The van der Waals surface area contributed by atoms with Gasteiger partial charge in [0.05, 0.1) is 6.54 Å². The molecule has 0 radical (unpaired) electrons. The molecule has 0 spiro atoms. The molecule has 0 aliphatic carbocycles. The van der Waals surface area contributed by atoms with Crippen molar-refractivity contribution in [3.8, 4) is 0 Å². The van der Waals surface area contributed by atoms with Crippen molar-refractivity contribution >= 4 is 18.3 Å². The second-order valence-electron chi connectivity index (χ2n) is 6.73. The average Bonchev–Trinajstić information content (AvgIpc) is 2.53. The van der Waals surface area contributed by atoms with Crippen LogP contribution >= 0.6 is 12.4 Å². The molecule has 4 nitrogen and oxygen atoms in total. The van der Waals surface area contributed by atoms with E-state index in [4.69, 9.17) is 5.73 Å². The number of nitrogens with zero attached hydrogens (tertiary/aromatic N) is 2. The lowest BCUT2D eigenvalue weighted by molar-refractivity contribution is -0.138. The zero-order valence-corrected chi connectivity index (χ0v) is 15.8. The van der Waals surface area contributed by atoms with Crippen LogP contribution in [0, 0.1) is 0 Å². The monoisotopic (exact) mass is 353 g/mol. The highest BCUT2D eigenvalue weighted by molar-refractivity contribution is 5.85. The van der Waals surface area contributed by atoms with Crippen molar-refractivity contribution in [3.63, 3.8) is 0 Å². The van der Waals surface area contributed by atoms with Gasteiger partial charge in [-0.2, -0.15) is 0 Å². The van der Waals surface area contributed by atoms with Crippen LogP contribution in [-0.2, 0) is 11.2 Å². The van der Waals surface area contributed by atoms with Gasteiger partial charge in [0.1, 0.15) is 0 Å². The maximum Gasteiger partial charge on any atom is 0.237 e. The van der Waals surface area contributed by atoms with E-state index in [2.05, 4.69) is 47.9 Å². The summed E-state index contributed by atoms with van der Waals surface area (Å²) in [6, 6.07) is 11.1. The van der Waals surface area contributed by atoms with Gasteiger partial charge in [0, 0.05) is 31.7 Å². The third-order valence-electron chi connectivity index (χ3n) is 4.85. The molecule has 2 atom stereocenters. The van der Waals surface area contributed by atoms with Crippen molar-refractivity contribution in [3.05, 3.63) is 35.9 Å². The van der Waals surface area contributed by atoms with Gasteiger partial charge in [-0.15, -0.1) is 12.4 Å². The quantitative estimate of drug-likeness (QED) is 0.820. The molecule has 2 rings (SSSR count). The van der Waals surface area contributed by atoms with Gasteiger partial charge in [0.15, 0.2) is 0 Å². The van der Waals surface area contributed by atoms with Gasteiger partial charge in [-0.05, 0) is 45.1 Å². The molecular weight excluding hydrogens is 322 g/mol. The molecule has 1 heterocycles. The van der Waals surface area contributed by atoms with Crippen LogP contribution in [0.25, 0.3) is 0 Å². The van der Waals surface area contributed by atoms with Gasteiger partial charge >= 0.3 is 0 Å². The van der Waals surface area contributed by atoms with E-state index in [1.54, 1.807) is 0 Å². The Kier molecular flexibility index (Phi) is 9.34. The van der Waals surface area contributed by atoms with Crippen LogP contribution in [-0.4, -0.2) is 54.0 Å². The Labute approximate surface area is 152 Å². The number of hydrogen-bond donors (Lipinski definition) is 1. The van der Waals surface area contributed by atoms with Crippen molar-refractivity contribution in [2.75, 3.05) is 26.2 Å². The highest BCUT2D eigenvalue weighted by Gasteiger charge is 2.29. The van der Waals surface area contributed by atoms with Crippen LogP contribution in [0.4, 0.5) is 0 Å². The Bertz CT molecular complexity index is 473. The Morgan fingerprint density at radius 2 is 1.79 bits per heavy atom. The number of amides is 1. The van der Waals surface area contributed by atoms with Crippen LogP contribution in [0.2, 0.25) is 0 Å². The van der Waals surface area contributed by atoms with E-state index >= 15 is 0 Å². The number of piperidine rings is 1. The number of likely N-dealkylation sites (tertiary alicyclic amines) is 1. The summed E-state index contributed by atoms with van der Waals surface area (Å²) in [7, 11) is 0. The van der Waals surface area contributed by atoms with Gasteiger partial charge in [-0.1, -0.05) is 30.3 Å². The predicted molar refractivity (Wildman–Crippen MR) is 103 cm³/mol. The molecule has 5 heteroatoms. The van der Waals surface area contributed by atoms with Crippen molar-refractivity contribution < 1.29 is 4.79 Å². The number of hydrogen-bond acceptors (Lipinski definition) is 3. The fraction of sp³-hybridized carbons (Fsp3) is 0.632. The number of carbonyl (C=O) groups excluding carboxylic acids is 1. The standard InChI is InChI=1S/C19H31N3O.ClH/c1-16-7-6-8-17(2)22(16)19(23)15-21(14-12-20)13-11-18-9-4-3-5-10-18;/h3-5,9-10,16-17H,6-8,11-15,20H2,1-2H3;1H. The minimum Gasteiger partial charge on any atom is -0.336 e. The van der Waals surface area contributed by atoms with E-state index in [9.17, 15) is 4.79 Å². The first-order valence-electron chi connectivity index (χ1n) is 8.89. The molecule has 2 N–H and O–H groups in total. The van der Waals surface area contributed by atoms with E-state index in [-0.39, 0.29) is 18.3 Å². The smallest absolute Gasteiger partial charge is 0.237 e. The van der Waals surface area contributed by atoms with E-state index in [0.717, 1.165) is 32.4 Å². The van der Waals surface area contributed by atoms with E-state index < -0.39 is 0 Å². The third kappa shape index (κ3) is 6.08. The normalized spacial score (nSPS) is 20.8. The first-order chi connectivity index (χ1) is 11.1. The second kappa shape index (κ2) is 10.7. The van der Waals surface area contributed by atoms with Crippen molar-refractivity contribution in [1.82, 2.24) is 9.80 Å². The number of halogens is 1. The lowest BCUT2D eigenvalue weighted by atomic mass is 9.97. The van der Waals surface area contributed by atoms with Gasteiger partial charge in [0.25, 0.3) is 0 Å². The van der Waals surface area contributed by atoms with Gasteiger partial charge in [-0.25, -0.2) is 0 Å². The largest absolute Gasteiger partial charge is 0.336 e. The summed E-state index contributed by atoms with van der Waals surface area (Å²) in [5.74, 6) is 0.256. The fourth-order valence-corrected chi connectivity index (χ4v) is 3.57. The number of benzene rings is 1. The van der Waals surface area contributed by atoms with Gasteiger partial charge in [-0.3, -0.25) is 9.69 Å². The van der Waals surface area contributed by atoms with Crippen LogP contribution < -0.4 is 5.73 Å². The van der Waals surface area contributed by atoms with Gasteiger partial charge < -0.3 is 10.6 Å². The molecule has 1 saturated heterocycles. The topological polar surface area (TPSA) is 49.6 Å². The van der Waals surface area contributed by atoms with Crippen LogP contribution in [0.15, 0.2) is 30.3 Å². The molecule has 0 saturated carbocycles. The van der Waals surface area contributed by atoms with E-state index in [1.807, 2.05) is 6.07 Å². The Morgan fingerprint density at radius 1 is 1.17 bits per heavy atom. The molecule has 1 aliphatic rings. The van der Waals surface area contributed by atoms with Crippen molar-refractivity contribution in [2.45, 2.75) is 51.6 Å². The summed E-state index contributed by atoms with van der Waals surface area (Å²) in [5.41, 5.74) is 7.05. The number of rotatable bonds is 7. The number of carbonyl (C=O) groups is 1. The summed E-state index contributed by atoms with van der Waals surface area (Å²) in [4.78, 5) is 17.0. The first-order valence-corrected chi connectivity index (χ1v) is 8.89. The highest BCUT2D eigenvalue weighted by Crippen LogP contribution is 2.22.